The number of rotatable bonds is 7. The molecule has 34 heavy (non-hydrogen) atoms. The molecule has 0 spiro atoms. The normalized spacial score (nSPS) is 29.5. The minimum atomic E-state index is -0.231. The topological polar surface area (TPSA) is 74.6 Å². The Morgan fingerprint density at radius 1 is 0.647 bits per heavy atom. The lowest BCUT2D eigenvalue weighted by molar-refractivity contribution is -0.907. The highest BCUT2D eigenvalue weighted by molar-refractivity contribution is 5.98. The Labute approximate surface area is 202 Å². The zero-order chi connectivity index (χ0) is 24.3. The minimum Gasteiger partial charge on any atom is -0.393 e. The number of aliphatic hydroxyl groups excluding tert-OH is 2. The molecule has 0 radical (unpaired) electrons. The number of piperidine rings is 2. The van der Waals surface area contributed by atoms with Crippen LogP contribution in [0.25, 0.3) is 11.1 Å². The second-order valence-corrected chi connectivity index (χ2v) is 10.9. The molecule has 4 rings (SSSR count). The number of likely N-dealkylation sites (tertiary alicyclic amines) is 2. The van der Waals surface area contributed by atoms with E-state index in [1.165, 1.54) is 0 Å². The van der Waals surface area contributed by atoms with E-state index in [9.17, 15) is 19.8 Å². The number of ketones is 2. The van der Waals surface area contributed by atoms with E-state index in [0.717, 1.165) is 63.0 Å². The third-order valence-corrected chi connectivity index (χ3v) is 7.81. The monoisotopic (exact) mass is 466 g/mol. The maximum absolute atomic E-state index is 12.8. The van der Waals surface area contributed by atoms with E-state index in [-0.39, 0.29) is 23.8 Å². The Kier molecular flexibility index (Phi) is 7.33. The fourth-order valence-corrected chi connectivity index (χ4v) is 5.24. The van der Waals surface area contributed by atoms with Crippen molar-refractivity contribution in [3.63, 3.8) is 0 Å². The molecule has 0 unspecified atom stereocenters. The van der Waals surface area contributed by atoms with Gasteiger partial charge < -0.3 is 19.2 Å². The number of hydrogen-bond acceptors (Lipinski definition) is 4. The van der Waals surface area contributed by atoms with Gasteiger partial charge in [0.15, 0.2) is 0 Å². The summed E-state index contributed by atoms with van der Waals surface area (Å²) >= 11 is 0. The van der Waals surface area contributed by atoms with E-state index in [0.29, 0.717) is 33.2 Å². The van der Waals surface area contributed by atoms with Gasteiger partial charge in [-0.25, -0.2) is 0 Å². The summed E-state index contributed by atoms with van der Waals surface area (Å²) in [6, 6.07) is 15.4. The van der Waals surface area contributed by atoms with Crippen LogP contribution in [0.1, 0.15) is 46.4 Å². The van der Waals surface area contributed by atoms with Crippen molar-refractivity contribution in [2.45, 2.75) is 37.9 Å². The highest BCUT2D eigenvalue weighted by Gasteiger charge is 2.32. The summed E-state index contributed by atoms with van der Waals surface area (Å²) < 4.78 is 1.37. The van der Waals surface area contributed by atoms with E-state index in [2.05, 4.69) is 14.1 Å². The number of carbonyl (C=O) groups excluding carboxylic acids is 2. The molecular formula is C28H38N2O4+2. The van der Waals surface area contributed by atoms with Crippen LogP contribution in [0.15, 0.2) is 48.5 Å². The minimum absolute atomic E-state index is 0.133. The van der Waals surface area contributed by atoms with Crippen LogP contribution >= 0.6 is 0 Å². The van der Waals surface area contributed by atoms with E-state index < -0.39 is 0 Å². The Bertz CT molecular complexity index is 916. The van der Waals surface area contributed by atoms with Gasteiger partial charge in [0.2, 0.25) is 11.6 Å². The van der Waals surface area contributed by atoms with Crippen molar-refractivity contribution in [2.24, 2.45) is 0 Å². The zero-order valence-corrected chi connectivity index (χ0v) is 20.4. The number of Topliss-reactive ketones (excluding diaryl/α,β-unsaturated/α-hetero) is 2. The van der Waals surface area contributed by atoms with Crippen LogP contribution < -0.4 is 0 Å². The molecule has 0 aliphatic carbocycles. The number of hydrogen-bond donors (Lipinski definition) is 2. The van der Waals surface area contributed by atoms with E-state index in [1.54, 1.807) is 0 Å². The first-order valence-corrected chi connectivity index (χ1v) is 12.4. The molecule has 2 aromatic carbocycles. The molecule has 2 heterocycles. The Morgan fingerprint density at radius 2 is 0.941 bits per heavy atom. The molecule has 182 valence electrons. The van der Waals surface area contributed by atoms with Crippen molar-refractivity contribution in [1.29, 1.82) is 0 Å². The first-order chi connectivity index (χ1) is 16.1. The molecule has 0 amide bonds. The summed E-state index contributed by atoms with van der Waals surface area (Å²) in [4.78, 5) is 25.7. The molecule has 2 saturated heterocycles. The predicted molar refractivity (Wildman–Crippen MR) is 133 cm³/mol. The highest BCUT2D eigenvalue weighted by Crippen LogP contribution is 2.23. The average Bonchev–Trinajstić information content (AvgIpc) is 2.83. The first-order valence-electron chi connectivity index (χ1n) is 12.4. The number of carbonyl (C=O) groups is 2. The summed E-state index contributed by atoms with van der Waals surface area (Å²) in [6.07, 6.45) is 2.55. The molecule has 2 aliphatic rings. The van der Waals surface area contributed by atoms with Crippen LogP contribution in [0, 0.1) is 0 Å². The SMILES string of the molecule is C[N+]1(CC(=O)c2ccc(-c3ccc(C(=O)C[N+]4(C)CCC(O)CC4)cc3)cc2)CCC(O)CC1. The van der Waals surface area contributed by atoms with Gasteiger partial charge in [0.25, 0.3) is 0 Å². The molecule has 2 aromatic rings. The average molecular weight is 467 g/mol. The summed E-state index contributed by atoms with van der Waals surface area (Å²) in [7, 11) is 4.19. The van der Waals surface area contributed by atoms with Gasteiger partial charge >= 0.3 is 0 Å². The Hall–Kier alpha value is -2.38. The van der Waals surface area contributed by atoms with Gasteiger partial charge in [0.05, 0.1) is 52.5 Å². The van der Waals surface area contributed by atoms with Crippen LogP contribution in [0.2, 0.25) is 0 Å². The highest BCUT2D eigenvalue weighted by atomic mass is 16.3. The molecular weight excluding hydrogens is 428 g/mol. The molecule has 0 bridgehead atoms. The molecule has 6 heteroatoms. The molecule has 2 aliphatic heterocycles. The molecule has 6 nitrogen and oxygen atoms in total. The second-order valence-electron chi connectivity index (χ2n) is 10.9. The maximum atomic E-state index is 12.8. The molecule has 0 atom stereocenters. The van der Waals surface area contributed by atoms with Gasteiger partial charge in [-0.05, 0) is 11.1 Å². The summed E-state index contributed by atoms with van der Waals surface area (Å²) in [5.41, 5.74) is 3.45. The van der Waals surface area contributed by atoms with Crippen molar-refractivity contribution < 1.29 is 28.8 Å². The van der Waals surface area contributed by atoms with Gasteiger partial charge in [0.1, 0.15) is 13.1 Å². The third-order valence-electron chi connectivity index (χ3n) is 7.81. The van der Waals surface area contributed by atoms with E-state index >= 15 is 0 Å². The van der Waals surface area contributed by atoms with E-state index in [4.69, 9.17) is 0 Å². The molecule has 2 N–H and O–H groups in total. The second kappa shape index (κ2) is 10.1. The number of benzene rings is 2. The smallest absolute Gasteiger partial charge is 0.216 e. The largest absolute Gasteiger partial charge is 0.393 e. The number of nitrogens with zero attached hydrogens (tertiary/aromatic N) is 2. The lowest BCUT2D eigenvalue weighted by Gasteiger charge is -2.38. The number of likely N-dealkylation sites (N-methyl/N-ethyl adjacent to an activating group) is 2. The fraction of sp³-hybridized carbons (Fsp3) is 0.500. The van der Waals surface area contributed by atoms with Crippen molar-refractivity contribution >= 4 is 11.6 Å². The van der Waals surface area contributed by atoms with Crippen molar-refractivity contribution in [1.82, 2.24) is 0 Å². The predicted octanol–water partition coefficient (Wildman–Crippen LogP) is 2.92. The van der Waals surface area contributed by atoms with Crippen molar-refractivity contribution in [3.05, 3.63) is 59.7 Å². The van der Waals surface area contributed by atoms with Crippen LogP contribution in [0.4, 0.5) is 0 Å². The van der Waals surface area contributed by atoms with Crippen LogP contribution in [0.5, 0.6) is 0 Å². The van der Waals surface area contributed by atoms with Crippen LogP contribution in [-0.4, -0.2) is 96.3 Å². The quantitative estimate of drug-likeness (QED) is 0.486. The number of quaternary nitrogens is 2. The lowest BCUT2D eigenvalue weighted by atomic mass is 9.99. The first kappa shape index (κ1) is 24.7. The standard InChI is InChI=1S/C28H38N2O4/c1-29(15-11-25(31)12-16-29)19-27(33)23-7-3-21(4-8-23)22-5-9-24(10-6-22)28(34)20-30(2)17-13-26(32)14-18-30/h3-10,25-26,31-32H,11-20H2,1-2H3/q+2. The third kappa shape index (κ3) is 5.99. The summed E-state index contributed by atoms with van der Waals surface area (Å²) in [6.45, 7) is 4.23. The Morgan fingerprint density at radius 3 is 1.24 bits per heavy atom. The molecule has 0 aromatic heterocycles. The van der Waals surface area contributed by atoms with Crippen molar-refractivity contribution in [3.8, 4) is 11.1 Å². The Balaban J connectivity index is 1.36. The van der Waals surface area contributed by atoms with Crippen LogP contribution in [-0.2, 0) is 0 Å². The number of aliphatic hydroxyl groups is 2. The molecule has 2 fully saturated rings. The van der Waals surface area contributed by atoms with Crippen LogP contribution in [0.3, 0.4) is 0 Å². The van der Waals surface area contributed by atoms with Crippen molar-refractivity contribution in [2.75, 3.05) is 53.4 Å². The van der Waals surface area contributed by atoms with Gasteiger partial charge in [-0.15, -0.1) is 0 Å². The molecule has 0 saturated carbocycles. The summed E-state index contributed by atoms with van der Waals surface area (Å²) in [5, 5.41) is 19.5. The van der Waals surface area contributed by atoms with Gasteiger partial charge in [-0.1, -0.05) is 48.5 Å². The zero-order valence-electron chi connectivity index (χ0n) is 20.4. The summed E-state index contributed by atoms with van der Waals surface area (Å²) in [5.74, 6) is 0.265. The van der Waals surface area contributed by atoms with Gasteiger partial charge in [-0.2, -0.15) is 0 Å². The fourth-order valence-electron chi connectivity index (χ4n) is 5.24. The lowest BCUT2D eigenvalue weighted by Crippen LogP contribution is -2.53. The van der Waals surface area contributed by atoms with Gasteiger partial charge in [-0.3, -0.25) is 9.59 Å². The van der Waals surface area contributed by atoms with E-state index in [1.807, 2.05) is 48.5 Å². The maximum Gasteiger partial charge on any atom is 0.216 e. The van der Waals surface area contributed by atoms with Gasteiger partial charge in [0, 0.05) is 36.8 Å².